The minimum Gasteiger partial charge on any atom is -0.443 e. The minimum absolute atomic E-state index is 0.0301. The highest BCUT2D eigenvalue weighted by molar-refractivity contribution is 7.89. The highest BCUT2D eigenvalue weighted by Crippen LogP contribution is 2.22. The maximum Gasteiger partial charge on any atom is 0.414 e. The van der Waals surface area contributed by atoms with Gasteiger partial charge in [0.15, 0.2) is 0 Å². The first kappa shape index (κ1) is 19.4. The van der Waals surface area contributed by atoms with Crippen LogP contribution in [-0.2, 0) is 14.8 Å². The van der Waals surface area contributed by atoms with E-state index < -0.39 is 22.2 Å². The molecule has 1 fully saturated rings. The van der Waals surface area contributed by atoms with Crippen LogP contribution in [0.2, 0.25) is 0 Å². The Labute approximate surface area is 160 Å². The number of carbonyl (C=O) groups is 1. The Morgan fingerprint density at radius 2 is 1.74 bits per heavy atom. The van der Waals surface area contributed by atoms with Gasteiger partial charge in [-0.2, -0.15) is 0 Å². The van der Waals surface area contributed by atoms with Crippen LogP contribution in [0.1, 0.15) is 30.9 Å². The summed E-state index contributed by atoms with van der Waals surface area (Å²) in [4.78, 5) is 13.8. The van der Waals surface area contributed by atoms with Crippen molar-refractivity contribution >= 4 is 21.8 Å². The summed E-state index contributed by atoms with van der Waals surface area (Å²) in [6, 6.07) is 14.3. The van der Waals surface area contributed by atoms with Gasteiger partial charge in [0.2, 0.25) is 10.0 Å². The fourth-order valence-electron chi connectivity index (χ4n) is 2.88. The van der Waals surface area contributed by atoms with Gasteiger partial charge in [0.1, 0.15) is 6.10 Å². The number of cyclic esters (lactones) is 1. The number of benzene rings is 2. The molecule has 1 aliphatic rings. The van der Waals surface area contributed by atoms with Gasteiger partial charge in [-0.1, -0.05) is 43.7 Å². The van der Waals surface area contributed by atoms with Crippen LogP contribution in [0.3, 0.4) is 0 Å². The molecule has 0 radical (unpaired) electrons. The summed E-state index contributed by atoms with van der Waals surface area (Å²) in [7, 11) is -3.66. The van der Waals surface area contributed by atoms with Gasteiger partial charge in [0.25, 0.3) is 0 Å². The Bertz CT molecular complexity index is 906. The molecule has 1 atom stereocenters. The lowest BCUT2D eigenvalue weighted by molar-refractivity contribution is 0.143. The van der Waals surface area contributed by atoms with Crippen LogP contribution < -0.4 is 9.62 Å². The molecule has 27 heavy (non-hydrogen) atoms. The van der Waals surface area contributed by atoms with Crippen LogP contribution in [0.4, 0.5) is 10.5 Å². The summed E-state index contributed by atoms with van der Waals surface area (Å²) in [5.41, 5.74) is 2.91. The number of nitrogens with one attached hydrogen (secondary N) is 1. The average molecular weight is 388 g/mol. The van der Waals surface area contributed by atoms with E-state index in [1.54, 1.807) is 12.1 Å². The number of amides is 1. The molecule has 1 saturated heterocycles. The zero-order chi connectivity index (χ0) is 19.6. The molecule has 0 bridgehead atoms. The summed E-state index contributed by atoms with van der Waals surface area (Å²) in [6.45, 7) is 6.41. The predicted molar refractivity (Wildman–Crippen MR) is 105 cm³/mol. The second-order valence-electron chi connectivity index (χ2n) is 7.03. The van der Waals surface area contributed by atoms with E-state index in [1.807, 2.05) is 43.3 Å². The highest BCUT2D eigenvalue weighted by atomic mass is 32.2. The second-order valence-corrected chi connectivity index (χ2v) is 8.79. The molecule has 0 aliphatic carbocycles. The van der Waals surface area contributed by atoms with Crippen LogP contribution in [0.25, 0.3) is 0 Å². The molecule has 3 rings (SSSR count). The van der Waals surface area contributed by atoms with Crippen molar-refractivity contribution in [3.63, 3.8) is 0 Å². The van der Waals surface area contributed by atoms with Gasteiger partial charge in [-0.15, -0.1) is 0 Å². The molecule has 7 heteroatoms. The van der Waals surface area contributed by atoms with E-state index in [-0.39, 0.29) is 11.4 Å². The molecule has 1 heterocycles. The van der Waals surface area contributed by atoms with Gasteiger partial charge in [0.05, 0.1) is 11.4 Å². The van der Waals surface area contributed by atoms with Gasteiger partial charge < -0.3 is 4.74 Å². The molecule has 6 nitrogen and oxygen atoms in total. The normalized spacial score (nSPS) is 17.4. The van der Waals surface area contributed by atoms with Crippen LogP contribution in [0.5, 0.6) is 0 Å². The number of hydrogen-bond acceptors (Lipinski definition) is 4. The lowest BCUT2D eigenvalue weighted by atomic mass is 10.0. The molecule has 2 aromatic carbocycles. The SMILES string of the molecule is Cc1ccc(N2CC(CNS(=O)(=O)c3ccc(C(C)C)cc3)OC2=O)cc1. The van der Waals surface area contributed by atoms with Gasteiger partial charge in [-0.05, 0) is 42.7 Å². The Balaban J connectivity index is 1.62. The maximum atomic E-state index is 12.5. The molecule has 0 saturated carbocycles. The number of carbonyl (C=O) groups excluding carboxylic acids is 1. The molecule has 2 aromatic rings. The fraction of sp³-hybridized carbons (Fsp3) is 0.350. The van der Waals surface area contributed by atoms with E-state index in [0.29, 0.717) is 12.5 Å². The van der Waals surface area contributed by atoms with E-state index in [2.05, 4.69) is 18.6 Å². The predicted octanol–water partition coefficient (Wildman–Crippen LogP) is 3.42. The van der Waals surface area contributed by atoms with Gasteiger partial charge in [0, 0.05) is 12.2 Å². The molecule has 1 aliphatic heterocycles. The first-order chi connectivity index (χ1) is 12.8. The zero-order valence-corrected chi connectivity index (χ0v) is 16.5. The van der Waals surface area contributed by atoms with E-state index in [9.17, 15) is 13.2 Å². The molecular weight excluding hydrogens is 364 g/mol. The van der Waals surface area contributed by atoms with Crippen LogP contribution >= 0.6 is 0 Å². The van der Waals surface area contributed by atoms with Crippen LogP contribution in [-0.4, -0.2) is 33.7 Å². The van der Waals surface area contributed by atoms with Gasteiger partial charge >= 0.3 is 6.09 Å². The van der Waals surface area contributed by atoms with Crippen molar-refractivity contribution in [2.24, 2.45) is 0 Å². The lowest BCUT2D eigenvalue weighted by Crippen LogP contribution is -2.34. The van der Waals surface area contributed by atoms with E-state index in [0.717, 1.165) is 16.8 Å². The topological polar surface area (TPSA) is 75.7 Å². The summed E-state index contributed by atoms with van der Waals surface area (Å²) in [6.07, 6.45) is -1.01. The first-order valence-corrected chi connectivity index (χ1v) is 10.4. The molecule has 1 unspecified atom stereocenters. The standard InChI is InChI=1S/C20H24N2O4S/c1-14(2)16-6-10-19(11-7-16)27(24,25)21-12-18-13-22(20(23)26-18)17-8-4-15(3)5-9-17/h4-11,14,18,21H,12-13H2,1-3H3. The summed E-state index contributed by atoms with van der Waals surface area (Å²) in [5, 5.41) is 0. The van der Waals surface area contributed by atoms with Gasteiger partial charge in [-0.25, -0.2) is 17.9 Å². The Kier molecular flexibility index (Phi) is 5.53. The maximum absolute atomic E-state index is 12.5. The van der Waals surface area contributed by atoms with Crippen molar-refractivity contribution < 1.29 is 17.9 Å². The van der Waals surface area contributed by atoms with Crippen molar-refractivity contribution in [1.82, 2.24) is 4.72 Å². The van der Waals surface area contributed by atoms with E-state index in [4.69, 9.17) is 4.74 Å². The molecule has 1 amide bonds. The number of anilines is 1. The third-order valence-electron chi connectivity index (χ3n) is 4.58. The molecule has 0 spiro atoms. The number of nitrogens with zero attached hydrogens (tertiary/aromatic N) is 1. The van der Waals surface area contributed by atoms with Crippen molar-refractivity contribution in [1.29, 1.82) is 0 Å². The Morgan fingerprint density at radius 3 is 2.33 bits per heavy atom. The molecular formula is C20H24N2O4S. The largest absolute Gasteiger partial charge is 0.443 e. The number of rotatable bonds is 6. The lowest BCUT2D eigenvalue weighted by Gasteiger charge is -2.13. The summed E-state index contributed by atoms with van der Waals surface area (Å²) >= 11 is 0. The Hall–Kier alpha value is -2.38. The van der Waals surface area contributed by atoms with Crippen LogP contribution in [0.15, 0.2) is 53.4 Å². The highest BCUT2D eigenvalue weighted by Gasteiger charge is 2.33. The third kappa shape index (κ3) is 4.48. The van der Waals surface area contributed by atoms with Crippen molar-refractivity contribution in [2.45, 2.75) is 37.7 Å². The third-order valence-corrected chi connectivity index (χ3v) is 6.02. The monoisotopic (exact) mass is 388 g/mol. The zero-order valence-electron chi connectivity index (χ0n) is 15.7. The molecule has 0 aromatic heterocycles. The van der Waals surface area contributed by atoms with Gasteiger partial charge in [-0.3, -0.25) is 4.90 Å². The smallest absolute Gasteiger partial charge is 0.414 e. The Morgan fingerprint density at radius 1 is 1.11 bits per heavy atom. The quantitative estimate of drug-likeness (QED) is 0.823. The van der Waals surface area contributed by atoms with E-state index in [1.165, 1.54) is 4.90 Å². The fourth-order valence-corrected chi connectivity index (χ4v) is 3.95. The second kappa shape index (κ2) is 7.70. The van der Waals surface area contributed by atoms with E-state index >= 15 is 0 Å². The number of aryl methyl sites for hydroxylation is 1. The first-order valence-electron chi connectivity index (χ1n) is 8.91. The minimum atomic E-state index is -3.66. The van der Waals surface area contributed by atoms with Crippen molar-refractivity contribution in [3.05, 3.63) is 59.7 Å². The molecule has 1 N–H and O–H groups in total. The number of ether oxygens (including phenoxy) is 1. The summed E-state index contributed by atoms with van der Waals surface area (Å²) in [5.74, 6) is 0.334. The molecule has 144 valence electrons. The van der Waals surface area contributed by atoms with Crippen molar-refractivity contribution in [2.75, 3.05) is 18.0 Å². The number of hydrogen-bond donors (Lipinski definition) is 1. The number of sulfonamides is 1. The summed E-state index contributed by atoms with van der Waals surface area (Å²) < 4.78 is 32.8. The van der Waals surface area contributed by atoms with Crippen LogP contribution in [0, 0.1) is 6.92 Å². The average Bonchev–Trinajstić information content (AvgIpc) is 3.02. The van der Waals surface area contributed by atoms with Crippen molar-refractivity contribution in [3.8, 4) is 0 Å².